The molecule has 0 spiro atoms. The molecule has 1 aromatic rings. The molecule has 1 aromatic carbocycles. The first-order valence-corrected chi connectivity index (χ1v) is 6.04. The van der Waals surface area contributed by atoms with E-state index in [4.69, 9.17) is 4.74 Å². The van der Waals surface area contributed by atoms with Crippen molar-refractivity contribution >= 4 is 0 Å². The summed E-state index contributed by atoms with van der Waals surface area (Å²) in [5, 5.41) is 0. The minimum atomic E-state index is 0.186. The van der Waals surface area contributed by atoms with E-state index in [0.29, 0.717) is 0 Å². The summed E-state index contributed by atoms with van der Waals surface area (Å²) in [6, 6.07) is 8.29. The molecular formula is C16H22O. The predicted molar refractivity (Wildman–Crippen MR) is 74.3 cm³/mol. The molecule has 1 rings (SSSR count). The number of ether oxygens (including phenoxy) is 1. The van der Waals surface area contributed by atoms with Crippen LogP contribution in [-0.4, -0.2) is 0 Å². The number of allylic oxidation sites excluding steroid dienone is 3. The average Bonchev–Trinajstić information content (AvgIpc) is 2.28. The van der Waals surface area contributed by atoms with Gasteiger partial charge in [-0.1, -0.05) is 39.0 Å². The highest BCUT2D eigenvalue weighted by Gasteiger charge is 2.12. The Labute approximate surface area is 105 Å². The van der Waals surface area contributed by atoms with E-state index in [1.54, 1.807) is 0 Å². The maximum atomic E-state index is 5.75. The Hall–Kier alpha value is -1.50. The lowest BCUT2D eigenvalue weighted by Gasteiger charge is -2.19. The highest BCUT2D eigenvalue weighted by atomic mass is 16.5. The summed E-state index contributed by atoms with van der Waals surface area (Å²) in [5.74, 6) is 1.75. The van der Waals surface area contributed by atoms with Crippen LogP contribution in [0.4, 0.5) is 0 Å². The second-order valence-corrected chi connectivity index (χ2v) is 5.07. The molecule has 1 nitrogen and oxygen atoms in total. The topological polar surface area (TPSA) is 9.23 Å². The lowest BCUT2D eigenvalue weighted by Crippen LogP contribution is -2.10. The van der Waals surface area contributed by atoms with Crippen molar-refractivity contribution in [2.45, 2.75) is 40.0 Å². The van der Waals surface area contributed by atoms with Gasteiger partial charge in [0.2, 0.25) is 0 Å². The van der Waals surface area contributed by atoms with Gasteiger partial charge in [-0.25, -0.2) is 0 Å². The van der Waals surface area contributed by atoms with Gasteiger partial charge in [0, 0.05) is 0 Å². The first kappa shape index (κ1) is 13.6. The van der Waals surface area contributed by atoms with Crippen LogP contribution in [0.3, 0.4) is 0 Å². The van der Waals surface area contributed by atoms with Gasteiger partial charge in [0.1, 0.15) is 11.5 Å². The van der Waals surface area contributed by atoms with Crippen LogP contribution < -0.4 is 4.74 Å². The fourth-order valence-electron chi connectivity index (χ4n) is 1.51. The van der Waals surface area contributed by atoms with Crippen LogP contribution in [0.2, 0.25) is 0 Å². The van der Waals surface area contributed by atoms with Gasteiger partial charge < -0.3 is 4.74 Å². The molecule has 0 aromatic heterocycles. The Morgan fingerprint density at radius 2 is 1.65 bits per heavy atom. The Kier molecular flexibility index (Phi) is 4.56. The zero-order valence-corrected chi connectivity index (χ0v) is 11.4. The molecule has 0 atom stereocenters. The highest BCUT2D eigenvalue weighted by Crippen LogP contribution is 2.25. The molecule has 0 saturated carbocycles. The van der Waals surface area contributed by atoms with Gasteiger partial charge in [0.25, 0.3) is 0 Å². The minimum Gasteiger partial charge on any atom is -0.458 e. The summed E-state index contributed by atoms with van der Waals surface area (Å²) in [7, 11) is 0. The zero-order chi connectivity index (χ0) is 12.9. The van der Waals surface area contributed by atoms with Crippen LogP contribution >= 0.6 is 0 Å². The highest BCUT2D eigenvalue weighted by molar-refractivity contribution is 5.33. The van der Waals surface area contributed by atoms with Gasteiger partial charge in [0.15, 0.2) is 0 Å². The van der Waals surface area contributed by atoms with Crippen LogP contribution in [0, 0.1) is 0 Å². The van der Waals surface area contributed by atoms with Crippen molar-refractivity contribution in [1.29, 1.82) is 0 Å². The van der Waals surface area contributed by atoms with Gasteiger partial charge in [-0.05, 0) is 49.1 Å². The lowest BCUT2D eigenvalue weighted by atomic mass is 9.87. The Bertz CT molecular complexity index is 402. The fourth-order valence-corrected chi connectivity index (χ4v) is 1.51. The summed E-state index contributed by atoms with van der Waals surface area (Å²) in [5.41, 5.74) is 1.50. The summed E-state index contributed by atoms with van der Waals surface area (Å²) in [6.07, 6.45) is 5.88. The van der Waals surface area contributed by atoms with E-state index >= 15 is 0 Å². The normalized spacial score (nSPS) is 13.1. The summed E-state index contributed by atoms with van der Waals surface area (Å²) in [4.78, 5) is 0. The quantitative estimate of drug-likeness (QED) is 0.533. The molecule has 92 valence electrons. The van der Waals surface area contributed by atoms with Crippen LogP contribution in [0.1, 0.15) is 40.2 Å². The van der Waals surface area contributed by atoms with Crippen molar-refractivity contribution in [2.24, 2.45) is 0 Å². The molecule has 0 aliphatic rings. The smallest absolute Gasteiger partial charge is 0.127 e. The number of hydrogen-bond acceptors (Lipinski definition) is 1. The standard InChI is InChI=1S/C16H22O/c1-6-8-14(7-2)17-15-11-9-13(10-12-15)16(3,4)5/h6-12H,1-5H3/b8-6-,14-7+. The maximum absolute atomic E-state index is 5.75. The Balaban J connectivity index is 2.82. The molecule has 0 saturated heterocycles. The van der Waals surface area contributed by atoms with Crippen LogP contribution in [0.25, 0.3) is 0 Å². The third-order valence-corrected chi connectivity index (χ3v) is 2.57. The van der Waals surface area contributed by atoms with E-state index in [1.165, 1.54) is 5.56 Å². The van der Waals surface area contributed by atoms with E-state index in [-0.39, 0.29) is 5.41 Å². The number of hydrogen-bond donors (Lipinski definition) is 0. The molecule has 1 heteroatoms. The van der Waals surface area contributed by atoms with Crippen molar-refractivity contribution in [3.8, 4) is 5.75 Å². The minimum absolute atomic E-state index is 0.186. The molecule has 0 aliphatic heterocycles. The summed E-state index contributed by atoms with van der Waals surface area (Å²) < 4.78 is 5.75. The van der Waals surface area contributed by atoms with Crippen LogP contribution in [-0.2, 0) is 5.41 Å². The second kappa shape index (κ2) is 5.72. The van der Waals surface area contributed by atoms with Gasteiger partial charge >= 0.3 is 0 Å². The first-order chi connectivity index (χ1) is 7.97. The predicted octanol–water partition coefficient (Wildman–Crippen LogP) is 4.84. The van der Waals surface area contributed by atoms with Crippen molar-refractivity contribution in [3.63, 3.8) is 0 Å². The van der Waals surface area contributed by atoms with Crippen molar-refractivity contribution in [1.82, 2.24) is 0 Å². The molecule has 0 fully saturated rings. The van der Waals surface area contributed by atoms with Gasteiger partial charge in [-0.3, -0.25) is 0 Å². The van der Waals surface area contributed by atoms with Crippen LogP contribution in [0.5, 0.6) is 5.75 Å². The van der Waals surface area contributed by atoms with Crippen LogP contribution in [0.15, 0.2) is 48.3 Å². The van der Waals surface area contributed by atoms with E-state index in [1.807, 2.05) is 44.2 Å². The molecule has 0 radical (unpaired) electrons. The Morgan fingerprint density at radius 1 is 1.06 bits per heavy atom. The fraction of sp³-hybridized carbons (Fsp3) is 0.375. The third-order valence-electron chi connectivity index (χ3n) is 2.57. The molecule has 0 N–H and O–H groups in total. The third kappa shape index (κ3) is 4.10. The van der Waals surface area contributed by atoms with Crippen molar-refractivity contribution < 1.29 is 4.74 Å². The Morgan fingerprint density at radius 3 is 2.06 bits per heavy atom. The van der Waals surface area contributed by atoms with E-state index in [9.17, 15) is 0 Å². The largest absolute Gasteiger partial charge is 0.458 e. The van der Waals surface area contributed by atoms with Crippen molar-refractivity contribution in [2.75, 3.05) is 0 Å². The number of benzene rings is 1. The summed E-state index contributed by atoms with van der Waals surface area (Å²) >= 11 is 0. The lowest BCUT2D eigenvalue weighted by molar-refractivity contribution is 0.442. The van der Waals surface area contributed by atoms with Crippen molar-refractivity contribution in [3.05, 3.63) is 53.8 Å². The van der Waals surface area contributed by atoms with Gasteiger partial charge in [-0.2, -0.15) is 0 Å². The first-order valence-electron chi connectivity index (χ1n) is 6.04. The van der Waals surface area contributed by atoms with E-state index in [2.05, 4.69) is 32.9 Å². The molecule has 0 aliphatic carbocycles. The van der Waals surface area contributed by atoms with E-state index in [0.717, 1.165) is 11.5 Å². The summed E-state index contributed by atoms with van der Waals surface area (Å²) in [6.45, 7) is 10.6. The molecule has 0 bridgehead atoms. The SMILES string of the molecule is C/C=C\C(=C/C)Oc1ccc(C(C)(C)C)cc1. The maximum Gasteiger partial charge on any atom is 0.127 e. The zero-order valence-electron chi connectivity index (χ0n) is 11.4. The van der Waals surface area contributed by atoms with Gasteiger partial charge in [0.05, 0.1) is 0 Å². The van der Waals surface area contributed by atoms with Gasteiger partial charge in [-0.15, -0.1) is 0 Å². The van der Waals surface area contributed by atoms with E-state index < -0.39 is 0 Å². The molecular weight excluding hydrogens is 208 g/mol. The molecule has 0 heterocycles. The number of rotatable bonds is 3. The average molecular weight is 230 g/mol. The molecule has 0 unspecified atom stereocenters. The second-order valence-electron chi connectivity index (χ2n) is 5.07. The molecule has 0 amide bonds. The monoisotopic (exact) mass is 230 g/mol. The molecule has 17 heavy (non-hydrogen) atoms.